The highest BCUT2D eigenvalue weighted by Crippen LogP contribution is 2.41. The maximum Gasteiger partial charge on any atom is 0.343 e. The van der Waals surface area contributed by atoms with Crippen molar-refractivity contribution in [2.24, 2.45) is 11.0 Å². The first-order chi connectivity index (χ1) is 34.2. The van der Waals surface area contributed by atoms with Crippen LogP contribution in [0.2, 0.25) is 0 Å². The Morgan fingerprint density at radius 1 is 0.771 bits per heavy atom. The third-order valence-corrected chi connectivity index (χ3v) is 14.1. The molecular formula is C56H61N3O10S. The fourth-order valence-electron chi connectivity index (χ4n) is 9.08. The number of anilines is 1. The smallest absolute Gasteiger partial charge is 0.343 e. The quantitative estimate of drug-likeness (QED) is 0.00844. The number of carbonyl (C=O) groups is 4. The van der Waals surface area contributed by atoms with Crippen molar-refractivity contribution in [3.05, 3.63) is 139 Å². The van der Waals surface area contributed by atoms with Crippen LogP contribution in [0, 0.1) is 5.92 Å². The van der Waals surface area contributed by atoms with Gasteiger partial charge in [-0.1, -0.05) is 42.2 Å². The molecule has 3 atom stereocenters. The predicted octanol–water partition coefficient (Wildman–Crippen LogP) is 11.7. The third kappa shape index (κ3) is 14.2. The van der Waals surface area contributed by atoms with Gasteiger partial charge in [0.15, 0.2) is 0 Å². The number of unbranched alkanes of at least 4 members (excludes halogenated alkanes) is 3. The predicted molar refractivity (Wildman–Crippen MR) is 270 cm³/mol. The van der Waals surface area contributed by atoms with Crippen molar-refractivity contribution in [3.8, 4) is 17.2 Å². The van der Waals surface area contributed by atoms with E-state index in [0.29, 0.717) is 67.8 Å². The Morgan fingerprint density at radius 3 is 2.19 bits per heavy atom. The van der Waals surface area contributed by atoms with Gasteiger partial charge in [0, 0.05) is 24.6 Å². The molecule has 0 amide bonds. The first kappa shape index (κ1) is 49.8. The van der Waals surface area contributed by atoms with Gasteiger partial charge in [0.05, 0.1) is 53.0 Å². The summed E-state index contributed by atoms with van der Waals surface area (Å²) in [6, 6.07) is 26.6. The lowest BCUT2D eigenvalue weighted by molar-refractivity contribution is -0.151. The fraction of sp³-hybridized carbons (Fsp3) is 0.393. The number of ether oxygens (including phenoxy) is 6. The lowest BCUT2D eigenvalue weighted by Gasteiger charge is -2.30. The molecule has 0 bridgehead atoms. The Hall–Kier alpha value is -6.64. The van der Waals surface area contributed by atoms with Crippen molar-refractivity contribution in [1.82, 2.24) is 4.98 Å². The molecule has 4 aromatic carbocycles. The van der Waals surface area contributed by atoms with Gasteiger partial charge in [-0.2, -0.15) is 5.10 Å². The largest absolute Gasteiger partial charge is 0.494 e. The highest BCUT2D eigenvalue weighted by Gasteiger charge is 2.43. The molecule has 1 aliphatic heterocycles. The summed E-state index contributed by atoms with van der Waals surface area (Å²) >= 11 is 1.57. The van der Waals surface area contributed by atoms with Crippen molar-refractivity contribution in [1.29, 1.82) is 0 Å². The Labute approximate surface area is 413 Å². The number of esters is 4. The SMILES string of the molecule is C=CCCN(/N=C/c1cc(OC(=O)c2ccc(OC(=O)c3ccc(OCCCCCCOC(=O)C=C)cc3)cc2)ccc1C1CCC(OC(=O)CCC2CCC3OC3C2)CC1)c1nc2ccccc2s1. The molecule has 1 saturated heterocycles. The minimum Gasteiger partial charge on any atom is -0.494 e. The van der Waals surface area contributed by atoms with Crippen molar-refractivity contribution >= 4 is 56.8 Å². The number of carbonyl (C=O) groups excluding carboxylic acids is 4. The number of para-hydroxylation sites is 1. The first-order valence-electron chi connectivity index (χ1n) is 24.5. The lowest BCUT2D eigenvalue weighted by atomic mass is 9.81. The normalized spacial score (nSPS) is 19.4. The number of epoxide rings is 1. The van der Waals surface area contributed by atoms with Crippen LogP contribution >= 0.6 is 11.3 Å². The first-order valence-corrected chi connectivity index (χ1v) is 25.4. The van der Waals surface area contributed by atoms with Crippen LogP contribution in [-0.2, 0) is 23.8 Å². The second kappa shape index (κ2) is 24.8. The van der Waals surface area contributed by atoms with E-state index in [1.165, 1.54) is 0 Å². The summed E-state index contributed by atoms with van der Waals surface area (Å²) in [5.74, 6) is 0.332. The highest BCUT2D eigenvalue weighted by molar-refractivity contribution is 7.22. The number of hydrogen-bond acceptors (Lipinski definition) is 14. The van der Waals surface area contributed by atoms with E-state index in [4.69, 9.17) is 38.5 Å². The van der Waals surface area contributed by atoms with Gasteiger partial charge in [0.1, 0.15) is 23.4 Å². The molecule has 2 aliphatic carbocycles. The van der Waals surface area contributed by atoms with E-state index >= 15 is 0 Å². The minimum absolute atomic E-state index is 0.109. The molecule has 0 radical (unpaired) electrons. The van der Waals surface area contributed by atoms with Gasteiger partial charge >= 0.3 is 23.9 Å². The summed E-state index contributed by atoms with van der Waals surface area (Å²) in [5, 5.41) is 7.62. The molecule has 2 saturated carbocycles. The van der Waals surface area contributed by atoms with Crippen LogP contribution in [0.3, 0.4) is 0 Å². The molecule has 0 N–H and O–H groups in total. The molecule has 8 rings (SSSR count). The van der Waals surface area contributed by atoms with E-state index in [2.05, 4.69) is 13.2 Å². The van der Waals surface area contributed by atoms with Crippen LogP contribution in [0.4, 0.5) is 5.13 Å². The molecule has 1 aromatic heterocycles. The molecule has 14 heteroatoms. The van der Waals surface area contributed by atoms with Crippen LogP contribution in [0.5, 0.6) is 17.2 Å². The summed E-state index contributed by atoms with van der Waals surface area (Å²) in [6.07, 6.45) is 17.5. The Kier molecular flexibility index (Phi) is 17.6. The van der Waals surface area contributed by atoms with Gasteiger partial charge in [-0.3, -0.25) is 4.79 Å². The van der Waals surface area contributed by atoms with Crippen LogP contribution < -0.4 is 19.2 Å². The molecule has 3 aliphatic rings. The molecule has 3 unspecified atom stereocenters. The van der Waals surface area contributed by atoms with Gasteiger partial charge in [-0.25, -0.2) is 24.4 Å². The van der Waals surface area contributed by atoms with Crippen LogP contribution in [0.15, 0.2) is 121 Å². The van der Waals surface area contributed by atoms with E-state index in [-0.39, 0.29) is 29.3 Å². The maximum absolute atomic E-state index is 13.6. The summed E-state index contributed by atoms with van der Waals surface area (Å²) in [6.45, 7) is 8.78. The molecule has 0 spiro atoms. The highest BCUT2D eigenvalue weighted by atomic mass is 32.1. The lowest BCUT2D eigenvalue weighted by Crippen LogP contribution is -2.25. The number of hydrogen-bond donors (Lipinski definition) is 0. The van der Waals surface area contributed by atoms with E-state index < -0.39 is 17.9 Å². The third-order valence-electron chi connectivity index (χ3n) is 13.0. The number of rotatable bonds is 24. The monoisotopic (exact) mass is 967 g/mol. The number of thiazole rings is 1. The summed E-state index contributed by atoms with van der Waals surface area (Å²) < 4.78 is 35.1. The van der Waals surface area contributed by atoms with E-state index in [1.54, 1.807) is 65.9 Å². The fourth-order valence-corrected chi connectivity index (χ4v) is 10.0. The van der Waals surface area contributed by atoms with E-state index in [0.717, 1.165) is 110 Å². The van der Waals surface area contributed by atoms with Crippen LogP contribution in [0.1, 0.15) is 128 Å². The second-order valence-electron chi connectivity index (χ2n) is 18.1. The molecule has 13 nitrogen and oxygen atoms in total. The van der Waals surface area contributed by atoms with Crippen molar-refractivity contribution < 1.29 is 47.6 Å². The summed E-state index contributed by atoms with van der Waals surface area (Å²) in [5.41, 5.74) is 3.41. The zero-order valence-electron chi connectivity index (χ0n) is 39.5. The van der Waals surface area contributed by atoms with E-state index in [1.807, 2.05) is 53.7 Å². The Balaban J connectivity index is 0.872. The number of aromatic nitrogens is 1. The zero-order valence-corrected chi connectivity index (χ0v) is 40.4. The molecule has 70 heavy (non-hydrogen) atoms. The summed E-state index contributed by atoms with van der Waals surface area (Å²) in [7, 11) is 0. The average Bonchev–Trinajstić information content (AvgIpc) is 4.04. The Morgan fingerprint density at radius 2 is 1.47 bits per heavy atom. The second-order valence-corrected chi connectivity index (χ2v) is 19.1. The van der Waals surface area contributed by atoms with Crippen LogP contribution in [-0.4, -0.2) is 73.1 Å². The van der Waals surface area contributed by atoms with Gasteiger partial charge in [0.25, 0.3) is 0 Å². The van der Waals surface area contributed by atoms with Crippen molar-refractivity contribution in [2.75, 3.05) is 24.8 Å². The number of fused-ring (bicyclic) bond motifs is 2. The molecule has 3 fully saturated rings. The zero-order chi connectivity index (χ0) is 48.7. The van der Waals surface area contributed by atoms with Gasteiger partial charge < -0.3 is 28.4 Å². The number of nitrogens with zero attached hydrogens (tertiary/aromatic N) is 3. The number of hydrazone groups is 1. The molecule has 366 valence electrons. The van der Waals surface area contributed by atoms with Gasteiger partial charge in [-0.05, 0) is 174 Å². The topological polar surface area (TPSA) is 155 Å². The van der Waals surface area contributed by atoms with Crippen molar-refractivity contribution in [2.45, 2.75) is 114 Å². The van der Waals surface area contributed by atoms with Crippen LogP contribution in [0.25, 0.3) is 10.2 Å². The standard InChI is InChI=1S/C56H61N3O10S/c1-3-5-32-59(56-58-48-12-8-9-13-51(48)70-56)57-37-42-36-46(28-29-47(42)39-16-24-44(25-17-39)66-53(61)31-15-38-14-30-49-50(35-38)69-49)68-55(63)41-20-26-45(27-21-41)67-54(62)40-18-22-43(23-19-40)64-33-10-6-7-11-34-65-52(60)4-2/h3-4,8-9,12-13,18-23,26-29,36-39,44,49-50H,1-2,5-7,10-11,14-17,24-25,30-35H2/b57-37+. The molecular weight excluding hydrogens is 907 g/mol. The van der Waals surface area contributed by atoms with E-state index in [9.17, 15) is 19.2 Å². The maximum atomic E-state index is 13.6. The number of benzene rings is 4. The average molecular weight is 968 g/mol. The summed E-state index contributed by atoms with van der Waals surface area (Å²) in [4.78, 5) is 55.4. The molecule has 5 aromatic rings. The van der Waals surface area contributed by atoms with Crippen molar-refractivity contribution in [3.63, 3.8) is 0 Å². The van der Waals surface area contributed by atoms with Gasteiger partial charge in [0.2, 0.25) is 5.13 Å². The Bertz CT molecular complexity index is 2590. The minimum atomic E-state index is -0.573. The molecule has 2 heterocycles. The van der Waals surface area contributed by atoms with Gasteiger partial charge in [-0.15, -0.1) is 6.58 Å².